The molecule has 0 saturated heterocycles. The first-order chi connectivity index (χ1) is 10.3. The Morgan fingerprint density at radius 2 is 1.95 bits per heavy atom. The first-order valence-corrected chi connectivity index (χ1v) is 8.04. The fourth-order valence-corrected chi connectivity index (χ4v) is 2.66. The molecule has 0 unspecified atom stereocenters. The van der Waals surface area contributed by atoms with Crippen LogP contribution in [-0.2, 0) is 0 Å². The van der Waals surface area contributed by atoms with Crippen LogP contribution in [0, 0.1) is 0 Å². The second-order valence-electron chi connectivity index (χ2n) is 5.83. The molecule has 1 amide bonds. The Hall–Kier alpha value is -1.33. The van der Waals surface area contributed by atoms with Crippen LogP contribution in [0.2, 0.25) is 5.02 Å². The standard InChI is InChI=1S/C16H26ClN3O2/c1-5-7-16(22,8-6-2)11-19-14-13(17)9-12(10-18-14)15(21)20(3)4/h9-10,22H,5-8,11H2,1-4H3,(H,18,19). The van der Waals surface area contributed by atoms with E-state index in [-0.39, 0.29) is 5.91 Å². The lowest BCUT2D eigenvalue weighted by atomic mass is 9.93. The number of aromatic nitrogens is 1. The highest BCUT2D eigenvalue weighted by atomic mass is 35.5. The monoisotopic (exact) mass is 327 g/mol. The molecule has 0 saturated carbocycles. The fraction of sp³-hybridized carbons (Fsp3) is 0.625. The number of carbonyl (C=O) groups excluding carboxylic acids is 1. The van der Waals surface area contributed by atoms with Crippen LogP contribution < -0.4 is 5.32 Å². The first-order valence-electron chi connectivity index (χ1n) is 7.66. The number of nitrogens with one attached hydrogen (secondary N) is 1. The van der Waals surface area contributed by atoms with Crippen LogP contribution in [0.5, 0.6) is 0 Å². The number of hydrogen-bond donors (Lipinski definition) is 2. The highest BCUT2D eigenvalue weighted by Crippen LogP contribution is 2.24. The number of hydrogen-bond acceptors (Lipinski definition) is 4. The van der Waals surface area contributed by atoms with Crippen molar-refractivity contribution in [3.8, 4) is 0 Å². The van der Waals surface area contributed by atoms with Gasteiger partial charge in [0.2, 0.25) is 0 Å². The van der Waals surface area contributed by atoms with Crippen LogP contribution in [0.4, 0.5) is 5.82 Å². The number of amides is 1. The quantitative estimate of drug-likeness (QED) is 0.769. The number of aliphatic hydroxyl groups is 1. The molecule has 0 aromatic carbocycles. The van der Waals surface area contributed by atoms with Crippen LogP contribution in [0.15, 0.2) is 12.3 Å². The van der Waals surface area contributed by atoms with E-state index in [9.17, 15) is 9.90 Å². The van der Waals surface area contributed by atoms with Crippen LogP contribution in [0.3, 0.4) is 0 Å². The van der Waals surface area contributed by atoms with E-state index in [1.165, 1.54) is 11.1 Å². The van der Waals surface area contributed by atoms with Crippen molar-refractivity contribution in [2.24, 2.45) is 0 Å². The van der Waals surface area contributed by atoms with Gasteiger partial charge in [-0.1, -0.05) is 38.3 Å². The number of rotatable bonds is 8. The molecule has 5 nitrogen and oxygen atoms in total. The Labute approximate surface area is 137 Å². The zero-order chi connectivity index (χ0) is 16.8. The highest BCUT2D eigenvalue weighted by molar-refractivity contribution is 6.33. The Morgan fingerprint density at radius 3 is 2.41 bits per heavy atom. The van der Waals surface area contributed by atoms with E-state index in [1.54, 1.807) is 20.2 Å². The van der Waals surface area contributed by atoms with Gasteiger partial charge in [0, 0.05) is 26.8 Å². The zero-order valence-corrected chi connectivity index (χ0v) is 14.6. The van der Waals surface area contributed by atoms with E-state index in [0.717, 1.165) is 25.7 Å². The SMILES string of the molecule is CCCC(O)(CCC)CNc1ncc(C(=O)N(C)C)cc1Cl. The van der Waals surface area contributed by atoms with Gasteiger partial charge >= 0.3 is 0 Å². The maximum absolute atomic E-state index is 11.9. The third-order valence-corrected chi connectivity index (χ3v) is 3.80. The molecule has 0 atom stereocenters. The predicted molar refractivity (Wildman–Crippen MR) is 90.5 cm³/mol. The third kappa shape index (κ3) is 5.14. The Morgan fingerprint density at radius 1 is 1.36 bits per heavy atom. The summed E-state index contributed by atoms with van der Waals surface area (Å²) in [6.07, 6.45) is 4.77. The molecule has 0 aliphatic carbocycles. The van der Waals surface area contributed by atoms with Gasteiger partial charge in [-0.25, -0.2) is 4.98 Å². The van der Waals surface area contributed by atoms with Crippen molar-refractivity contribution >= 4 is 23.3 Å². The van der Waals surface area contributed by atoms with Crippen molar-refractivity contribution in [3.05, 3.63) is 22.8 Å². The number of carbonyl (C=O) groups is 1. The smallest absolute Gasteiger partial charge is 0.254 e. The summed E-state index contributed by atoms with van der Waals surface area (Å²) in [5, 5.41) is 14.1. The molecule has 1 aromatic rings. The summed E-state index contributed by atoms with van der Waals surface area (Å²) < 4.78 is 0. The molecule has 0 bridgehead atoms. The molecule has 1 aromatic heterocycles. The van der Waals surface area contributed by atoms with E-state index in [0.29, 0.717) is 22.9 Å². The van der Waals surface area contributed by atoms with Gasteiger partial charge in [0.05, 0.1) is 16.2 Å². The van der Waals surface area contributed by atoms with Crippen molar-refractivity contribution < 1.29 is 9.90 Å². The van der Waals surface area contributed by atoms with E-state index in [2.05, 4.69) is 10.3 Å². The van der Waals surface area contributed by atoms with Crippen molar-refractivity contribution in [1.29, 1.82) is 0 Å². The molecule has 0 fully saturated rings. The van der Waals surface area contributed by atoms with Crippen molar-refractivity contribution in [3.63, 3.8) is 0 Å². The molecule has 0 aliphatic heterocycles. The summed E-state index contributed by atoms with van der Waals surface area (Å²) in [5.74, 6) is 0.344. The molecule has 22 heavy (non-hydrogen) atoms. The van der Waals surface area contributed by atoms with Gasteiger partial charge in [-0.15, -0.1) is 0 Å². The topological polar surface area (TPSA) is 65.5 Å². The Balaban J connectivity index is 2.80. The molecule has 1 rings (SSSR count). The third-order valence-electron chi connectivity index (χ3n) is 3.51. The Kier molecular flexibility index (Phi) is 7.10. The number of halogens is 1. The van der Waals surface area contributed by atoms with Crippen molar-refractivity contribution in [1.82, 2.24) is 9.88 Å². The van der Waals surface area contributed by atoms with Crippen LogP contribution >= 0.6 is 11.6 Å². The van der Waals surface area contributed by atoms with Crippen LogP contribution in [-0.4, -0.2) is 47.1 Å². The zero-order valence-electron chi connectivity index (χ0n) is 13.8. The lowest BCUT2D eigenvalue weighted by molar-refractivity contribution is 0.0343. The van der Waals surface area contributed by atoms with Gasteiger partial charge in [-0.2, -0.15) is 0 Å². The van der Waals surface area contributed by atoms with E-state index >= 15 is 0 Å². The van der Waals surface area contributed by atoms with Crippen molar-refractivity contribution in [2.45, 2.75) is 45.1 Å². The minimum atomic E-state index is -0.757. The second kappa shape index (κ2) is 8.34. The minimum absolute atomic E-state index is 0.144. The lowest BCUT2D eigenvalue weighted by Gasteiger charge is -2.28. The van der Waals surface area contributed by atoms with Gasteiger partial charge in [-0.05, 0) is 18.9 Å². The lowest BCUT2D eigenvalue weighted by Crippen LogP contribution is -2.37. The average Bonchev–Trinajstić information content (AvgIpc) is 2.45. The second-order valence-corrected chi connectivity index (χ2v) is 6.24. The van der Waals surface area contributed by atoms with Crippen LogP contribution in [0.25, 0.3) is 0 Å². The number of anilines is 1. The maximum atomic E-state index is 11.9. The molecule has 0 aliphatic rings. The molecular weight excluding hydrogens is 302 g/mol. The van der Waals surface area contributed by atoms with Gasteiger partial charge in [0.15, 0.2) is 0 Å². The first kappa shape index (κ1) is 18.7. The van der Waals surface area contributed by atoms with Crippen LogP contribution in [0.1, 0.15) is 49.9 Å². The number of pyridine rings is 1. The molecule has 0 spiro atoms. The summed E-state index contributed by atoms with van der Waals surface area (Å²) in [6, 6.07) is 1.60. The molecule has 2 N–H and O–H groups in total. The van der Waals surface area contributed by atoms with Gasteiger partial charge in [-0.3, -0.25) is 4.79 Å². The van der Waals surface area contributed by atoms with E-state index < -0.39 is 5.60 Å². The summed E-state index contributed by atoms with van der Waals surface area (Å²) in [5.41, 5.74) is -0.315. The van der Waals surface area contributed by atoms with E-state index in [1.807, 2.05) is 13.8 Å². The molecule has 124 valence electrons. The summed E-state index contributed by atoms with van der Waals surface area (Å²) in [4.78, 5) is 17.5. The molecular formula is C16H26ClN3O2. The largest absolute Gasteiger partial charge is 0.388 e. The van der Waals surface area contributed by atoms with E-state index in [4.69, 9.17) is 11.6 Å². The number of nitrogens with zero attached hydrogens (tertiary/aromatic N) is 2. The summed E-state index contributed by atoms with van der Waals surface area (Å²) >= 11 is 6.18. The van der Waals surface area contributed by atoms with Crippen molar-refractivity contribution in [2.75, 3.05) is 26.0 Å². The predicted octanol–water partition coefficient (Wildman–Crippen LogP) is 3.18. The molecule has 1 heterocycles. The fourth-order valence-electron chi connectivity index (χ4n) is 2.42. The van der Waals surface area contributed by atoms with Gasteiger partial charge < -0.3 is 15.3 Å². The normalized spacial score (nSPS) is 11.4. The summed E-state index contributed by atoms with van der Waals surface area (Å²) in [6.45, 7) is 4.49. The van der Waals surface area contributed by atoms with Gasteiger partial charge in [0.1, 0.15) is 5.82 Å². The maximum Gasteiger partial charge on any atom is 0.254 e. The Bertz CT molecular complexity index is 500. The molecule has 6 heteroatoms. The minimum Gasteiger partial charge on any atom is -0.388 e. The molecule has 0 radical (unpaired) electrons. The highest BCUT2D eigenvalue weighted by Gasteiger charge is 2.25. The van der Waals surface area contributed by atoms with Gasteiger partial charge in [0.25, 0.3) is 5.91 Å². The summed E-state index contributed by atoms with van der Waals surface area (Å²) in [7, 11) is 3.36. The average molecular weight is 328 g/mol.